The average Bonchev–Trinajstić information content (AvgIpc) is 2.37. The van der Waals surface area contributed by atoms with E-state index in [0.29, 0.717) is 24.0 Å². The topological polar surface area (TPSA) is 15.3 Å². The summed E-state index contributed by atoms with van der Waals surface area (Å²) in [6.45, 7) is 11.3. The van der Waals surface area contributed by atoms with E-state index in [1.807, 2.05) is 12.1 Å². The lowest BCUT2D eigenvalue weighted by atomic mass is 9.76. The first kappa shape index (κ1) is 16.8. The Balaban J connectivity index is 1.68. The minimum absolute atomic E-state index is 0.620. The maximum atomic E-state index is 5.94. The summed E-state index contributed by atoms with van der Waals surface area (Å²) in [4.78, 5) is 2.54. The monoisotopic (exact) mass is 308 g/mol. The lowest BCUT2D eigenvalue weighted by molar-refractivity contribution is 0.168. The molecule has 118 valence electrons. The number of hydrogen-bond acceptors (Lipinski definition) is 2. The molecule has 0 aromatic heterocycles. The first-order chi connectivity index (χ1) is 9.97. The van der Waals surface area contributed by atoms with Crippen LogP contribution in [0.4, 0.5) is 0 Å². The van der Waals surface area contributed by atoms with Gasteiger partial charge in [-0.15, -0.1) is 0 Å². The van der Waals surface area contributed by atoms with E-state index in [1.54, 1.807) is 0 Å². The van der Waals surface area contributed by atoms with Crippen LogP contribution in [0.1, 0.15) is 52.0 Å². The Morgan fingerprint density at radius 2 is 1.67 bits per heavy atom. The van der Waals surface area contributed by atoms with E-state index < -0.39 is 0 Å². The highest BCUT2D eigenvalue weighted by atomic mass is 35.5. The second-order valence-corrected chi connectivity index (χ2v) is 7.23. The minimum atomic E-state index is 0.620. The summed E-state index contributed by atoms with van der Waals surface area (Å²) in [5.41, 5.74) is 1.43. The maximum Gasteiger partial charge on any atom is 0.0406 e. The van der Waals surface area contributed by atoms with Crippen molar-refractivity contribution < 1.29 is 0 Å². The van der Waals surface area contributed by atoms with Gasteiger partial charge in [0.15, 0.2) is 0 Å². The van der Waals surface area contributed by atoms with Gasteiger partial charge in [0.05, 0.1) is 0 Å². The molecule has 0 bridgehead atoms. The Labute approximate surface area is 134 Å². The lowest BCUT2D eigenvalue weighted by Crippen LogP contribution is -2.46. The van der Waals surface area contributed by atoms with Crippen molar-refractivity contribution in [3.05, 3.63) is 34.9 Å². The molecule has 0 atom stereocenters. The molecular formula is C18H29ClN2. The summed E-state index contributed by atoms with van der Waals surface area (Å²) >= 11 is 5.94. The molecule has 1 aliphatic rings. The lowest BCUT2D eigenvalue weighted by Gasteiger charge is -2.38. The summed E-state index contributed by atoms with van der Waals surface area (Å²) in [7, 11) is 0. The van der Waals surface area contributed by atoms with Gasteiger partial charge >= 0.3 is 0 Å². The standard InChI is InChI=1S/C18H29ClN2/c1-13(2)21(14(3)4)10-9-20-18-11-16(12-18)15-5-7-17(19)8-6-15/h5-8,13-14,16,18,20H,9-12H2,1-4H3. The van der Waals surface area contributed by atoms with Gasteiger partial charge in [-0.2, -0.15) is 0 Å². The number of nitrogens with zero attached hydrogens (tertiary/aromatic N) is 1. The van der Waals surface area contributed by atoms with E-state index in [1.165, 1.54) is 18.4 Å². The van der Waals surface area contributed by atoms with Crippen LogP contribution in [0, 0.1) is 0 Å². The van der Waals surface area contributed by atoms with Crippen molar-refractivity contribution >= 4 is 11.6 Å². The zero-order valence-corrected chi connectivity index (χ0v) is 14.5. The highest BCUT2D eigenvalue weighted by molar-refractivity contribution is 6.30. The molecule has 2 rings (SSSR count). The normalized spacial score (nSPS) is 22.1. The fourth-order valence-corrected chi connectivity index (χ4v) is 3.43. The third-order valence-electron chi connectivity index (χ3n) is 4.61. The van der Waals surface area contributed by atoms with Gasteiger partial charge < -0.3 is 5.32 Å². The van der Waals surface area contributed by atoms with Crippen molar-refractivity contribution in [1.82, 2.24) is 10.2 Å². The van der Waals surface area contributed by atoms with Crippen molar-refractivity contribution in [3.8, 4) is 0 Å². The van der Waals surface area contributed by atoms with Crippen LogP contribution in [0.5, 0.6) is 0 Å². The number of halogens is 1. The predicted molar refractivity (Wildman–Crippen MR) is 92.2 cm³/mol. The van der Waals surface area contributed by atoms with Gasteiger partial charge in [0.1, 0.15) is 0 Å². The molecule has 0 aliphatic heterocycles. The van der Waals surface area contributed by atoms with E-state index in [2.05, 4.69) is 50.0 Å². The molecular weight excluding hydrogens is 280 g/mol. The molecule has 3 heteroatoms. The predicted octanol–water partition coefficient (Wildman–Crippen LogP) is 4.29. The van der Waals surface area contributed by atoms with Crippen molar-refractivity contribution in [1.29, 1.82) is 0 Å². The Bertz CT molecular complexity index is 413. The van der Waals surface area contributed by atoms with E-state index in [0.717, 1.165) is 18.1 Å². The summed E-state index contributed by atoms with van der Waals surface area (Å²) < 4.78 is 0. The number of nitrogens with one attached hydrogen (secondary N) is 1. The SMILES string of the molecule is CC(C)N(CCNC1CC(c2ccc(Cl)cc2)C1)C(C)C. The van der Waals surface area contributed by atoms with E-state index in [9.17, 15) is 0 Å². The Morgan fingerprint density at radius 1 is 1.10 bits per heavy atom. The van der Waals surface area contributed by atoms with Gasteiger partial charge in [-0.25, -0.2) is 0 Å². The fourth-order valence-electron chi connectivity index (χ4n) is 3.30. The van der Waals surface area contributed by atoms with E-state index >= 15 is 0 Å². The van der Waals surface area contributed by atoms with Crippen LogP contribution in [-0.4, -0.2) is 36.1 Å². The molecule has 0 heterocycles. The van der Waals surface area contributed by atoms with Gasteiger partial charge in [0, 0.05) is 36.2 Å². The van der Waals surface area contributed by atoms with Crippen LogP contribution < -0.4 is 5.32 Å². The molecule has 2 nitrogen and oxygen atoms in total. The highest BCUT2D eigenvalue weighted by Crippen LogP contribution is 2.37. The Kier molecular flexibility index (Phi) is 6.09. The zero-order chi connectivity index (χ0) is 15.4. The van der Waals surface area contributed by atoms with Crippen LogP contribution in [-0.2, 0) is 0 Å². The van der Waals surface area contributed by atoms with Crippen LogP contribution in [0.15, 0.2) is 24.3 Å². The van der Waals surface area contributed by atoms with Gasteiger partial charge in [-0.1, -0.05) is 23.7 Å². The van der Waals surface area contributed by atoms with Crippen molar-refractivity contribution in [2.75, 3.05) is 13.1 Å². The first-order valence-corrected chi connectivity index (χ1v) is 8.59. The molecule has 0 saturated heterocycles. The zero-order valence-electron chi connectivity index (χ0n) is 13.8. The quantitative estimate of drug-likeness (QED) is 0.808. The Hall–Kier alpha value is -0.570. The van der Waals surface area contributed by atoms with E-state index in [-0.39, 0.29) is 0 Å². The Morgan fingerprint density at radius 3 is 2.19 bits per heavy atom. The molecule has 1 saturated carbocycles. The largest absolute Gasteiger partial charge is 0.313 e. The molecule has 0 radical (unpaired) electrons. The van der Waals surface area contributed by atoms with Crippen molar-refractivity contribution in [2.24, 2.45) is 0 Å². The summed E-state index contributed by atoms with van der Waals surface area (Å²) in [5, 5.41) is 4.53. The van der Waals surface area contributed by atoms with Crippen LogP contribution >= 0.6 is 11.6 Å². The fraction of sp³-hybridized carbons (Fsp3) is 0.667. The number of hydrogen-bond donors (Lipinski definition) is 1. The van der Waals surface area contributed by atoms with Gasteiger partial charge in [0.2, 0.25) is 0 Å². The summed E-state index contributed by atoms with van der Waals surface area (Å²) in [6, 6.07) is 10.3. The number of benzene rings is 1. The van der Waals surface area contributed by atoms with Crippen molar-refractivity contribution in [3.63, 3.8) is 0 Å². The molecule has 0 spiro atoms. The first-order valence-electron chi connectivity index (χ1n) is 8.22. The van der Waals surface area contributed by atoms with Crippen LogP contribution in [0.3, 0.4) is 0 Å². The number of rotatable bonds is 7. The second kappa shape index (κ2) is 7.62. The molecule has 1 fully saturated rings. The highest BCUT2D eigenvalue weighted by Gasteiger charge is 2.29. The molecule has 1 aromatic rings. The molecule has 0 unspecified atom stereocenters. The molecule has 21 heavy (non-hydrogen) atoms. The van der Waals surface area contributed by atoms with Gasteiger partial charge in [0.25, 0.3) is 0 Å². The van der Waals surface area contributed by atoms with Crippen LogP contribution in [0.25, 0.3) is 0 Å². The molecule has 1 aromatic carbocycles. The smallest absolute Gasteiger partial charge is 0.0406 e. The minimum Gasteiger partial charge on any atom is -0.313 e. The molecule has 0 amide bonds. The van der Waals surface area contributed by atoms with E-state index in [4.69, 9.17) is 11.6 Å². The van der Waals surface area contributed by atoms with Gasteiger partial charge in [-0.05, 0) is 64.2 Å². The molecule has 1 aliphatic carbocycles. The summed E-state index contributed by atoms with van der Waals surface area (Å²) in [5.74, 6) is 0.714. The second-order valence-electron chi connectivity index (χ2n) is 6.80. The third-order valence-corrected chi connectivity index (χ3v) is 4.86. The maximum absolute atomic E-state index is 5.94. The van der Waals surface area contributed by atoms with Crippen LogP contribution in [0.2, 0.25) is 5.02 Å². The molecule has 1 N–H and O–H groups in total. The summed E-state index contributed by atoms with van der Waals surface area (Å²) in [6.07, 6.45) is 2.51. The van der Waals surface area contributed by atoms with Crippen molar-refractivity contribution in [2.45, 2.75) is 64.6 Å². The third kappa shape index (κ3) is 4.70. The van der Waals surface area contributed by atoms with Gasteiger partial charge in [-0.3, -0.25) is 4.90 Å². The average molecular weight is 309 g/mol.